The second kappa shape index (κ2) is 9.72. The van der Waals surface area contributed by atoms with Crippen molar-refractivity contribution in [3.8, 4) is 5.75 Å². The summed E-state index contributed by atoms with van der Waals surface area (Å²) in [4.78, 5) is 0. The maximum atomic E-state index is 5.60. The molecule has 142 valence electrons. The Morgan fingerprint density at radius 3 is 2.50 bits per heavy atom. The molecule has 0 bridgehead atoms. The number of thiocarbonyl (C=S) groups is 1. The van der Waals surface area contributed by atoms with Crippen molar-refractivity contribution >= 4 is 23.0 Å². The van der Waals surface area contributed by atoms with E-state index in [1.807, 2.05) is 42.5 Å². The zero-order chi connectivity index (χ0) is 19.8. The highest BCUT2D eigenvalue weighted by molar-refractivity contribution is 7.80. The van der Waals surface area contributed by atoms with Gasteiger partial charge < -0.3 is 15.4 Å². The number of hydrogen-bond acceptors (Lipinski definition) is 2. The number of anilines is 1. The van der Waals surface area contributed by atoms with Gasteiger partial charge in [-0.15, -0.1) is 0 Å². The van der Waals surface area contributed by atoms with Gasteiger partial charge in [-0.2, -0.15) is 0 Å². The number of rotatable bonds is 7. The van der Waals surface area contributed by atoms with Crippen LogP contribution in [0.2, 0.25) is 0 Å². The van der Waals surface area contributed by atoms with Gasteiger partial charge in [-0.05, 0) is 42.4 Å². The molecule has 28 heavy (non-hydrogen) atoms. The summed E-state index contributed by atoms with van der Waals surface area (Å²) in [6, 6.07) is 26.4. The first-order chi connectivity index (χ1) is 13.7. The van der Waals surface area contributed by atoms with Gasteiger partial charge in [-0.3, -0.25) is 0 Å². The van der Waals surface area contributed by atoms with Crippen LogP contribution in [0.5, 0.6) is 5.75 Å². The zero-order valence-electron chi connectivity index (χ0n) is 15.9. The summed E-state index contributed by atoms with van der Waals surface area (Å²) in [6.07, 6.45) is 1.72. The van der Waals surface area contributed by atoms with E-state index in [2.05, 4.69) is 60.5 Å². The van der Waals surface area contributed by atoms with Crippen molar-refractivity contribution in [2.45, 2.75) is 13.0 Å². The quantitative estimate of drug-likeness (QED) is 0.406. The van der Waals surface area contributed by atoms with E-state index in [1.165, 1.54) is 11.1 Å². The van der Waals surface area contributed by atoms with Gasteiger partial charge in [0.25, 0.3) is 0 Å². The van der Waals surface area contributed by atoms with Crippen LogP contribution in [-0.2, 0) is 0 Å². The van der Waals surface area contributed by atoms with Crippen LogP contribution in [0, 0.1) is 6.92 Å². The van der Waals surface area contributed by atoms with Crippen LogP contribution in [0.15, 0.2) is 91.5 Å². The highest BCUT2D eigenvalue weighted by Gasteiger charge is 2.15. The van der Waals surface area contributed by atoms with Gasteiger partial charge in [-0.1, -0.05) is 78.9 Å². The minimum atomic E-state index is -0.0405. The van der Waals surface area contributed by atoms with Crippen molar-refractivity contribution in [3.63, 3.8) is 0 Å². The Kier molecular flexibility index (Phi) is 6.82. The van der Waals surface area contributed by atoms with E-state index in [-0.39, 0.29) is 6.04 Å². The van der Waals surface area contributed by atoms with E-state index in [1.54, 1.807) is 6.08 Å². The molecule has 0 fully saturated rings. The zero-order valence-corrected chi connectivity index (χ0v) is 16.7. The lowest BCUT2D eigenvalue weighted by Crippen LogP contribution is -2.33. The molecule has 3 aromatic carbocycles. The molecule has 3 nitrogen and oxygen atoms in total. The molecule has 0 aliphatic heterocycles. The Hall–Kier alpha value is -3.11. The number of nitrogens with one attached hydrogen (secondary N) is 2. The van der Waals surface area contributed by atoms with Crippen molar-refractivity contribution in [1.82, 2.24) is 5.32 Å². The summed E-state index contributed by atoms with van der Waals surface area (Å²) in [5.41, 5.74) is 4.40. The Morgan fingerprint density at radius 1 is 1.00 bits per heavy atom. The molecule has 0 aromatic heterocycles. The molecule has 0 saturated carbocycles. The Morgan fingerprint density at radius 2 is 1.75 bits per heavy atom. The number of aryl methyl sites for hydroxylation is 1. The monoisotopic (exact) mass is 388 g/mol. The fourth-order valence-electron chi connectivity index (χ4n) is 2.97. The molecule has 0 unspecified atom stereocenters. The summed E-state index contributed by atoms with van der Waals surface area (Å²) < 4.78 is 5.59. The first-order valence-electron chi connectivity index (χ1n) is 9.18. The van der Waals surface area contributed by atoms with Gasteiger partial charge in [0.15, 0.2) is 5.11 Å². The summed E-state index contributed by atoms with van der Waals surface area (Å²) in [6.45, 7) is 6.23. The van der Waals surface area contributed by atoms with Crippen molar-refractivity contribution < 1.29 is 4.74 Å². The predicted octanol–water partition coefficient (Wildman–Crippen LogP) is 5.64. The number of ether oxygens (including phenoxy) is 1. The van der Waals surface area contributed by atoms with Crippen LogP contribution in [0.3, 0.4) is 0 Å². The van der Waals surface area contributed by atoms with Crippen molar-refractivity contribution in [2.24, 2.45) is 0 Å². The van der Waals surface area contributed by atoms with Gasteiger partial charge in [0, 0.05) is 11.8 Å². The van der Waals surface area contributed by atoms with E-state index in [4.69, 9.17) is 17.0 Å². The van der Waals surface area contributed by atoms with Crippen LogP contribution in [0.25, 0.3) is 0 Å². The van der Waals surface area contributed by atoms with Crippen LogP contribution in [-0.4, -0.2) is 11.7 Å². The minimum absolute atomic E-state index is 0.0405. The van der Waals surface area contributed by atoms with Crippen molar-refractivity contribution in [3.05, 3.63) is 108 Å². The SMILES string of the molecule is C=CCOc1cccc(NC(=S)N[C@@H](c2ccccc2)c2cccc(C)c2)c1. The van der Waals surface area contributed by atoms with E-state index < -0.39 is 0 Å². The molecule has 0 radical (unpaired) electrons. The Balaban J connectivity index is 1.77. The summed E-state index contributed by atoms with van der Waals surface area (Å²) >= 11 is 5.60. The summed E-state index contributed by atoms with van der Waals surface area (Å²) in [5, 5.41) is 7.26. The standard InChI is InChI=1S/C24H24N2OS/c1-3-15-27-22-14-8-13-21(17-22)25-24(28)26-23(19-10-5-4-6-11-19)20-12-7-9-18(2)16-20/h3-14,16-17,23H,1,15H2,2H3,(H2,25,26,28)/t23-/m0/s1. The van der Waals surface area contributed by atoms with Crippen molar-refractivity contribution in [1.29, 1.82) is 0 Å². The maximum Gasteiger partial charge on any atom is 0.171 e. The van der Waals surface area contributed by atoms with Crippen LogP contribution >= 0.6 is 12.2 Å². The van der Waals surface area contributed by atoms with E-state index in [9.17, 15) is 0 Å². The largest absolute Gasteiger partial charge is 0.489 e. The van der Waals surface area contributed by atoms with Crippen LogP contribution in [0.4, 0.5) is 5.69 Å². The highest BCUT2D eigenvalue weighted by atomic mass is 32.1. The first kappa shape index (κ1) is 19.6. The Bertz CT molecular complexity index is 940. The molecule has 0 amide bonds. The normalized spacial score (nSPS) is 11.3. The molecular weight excluding hydrogens is 364 g/mol. The molecule has 1 atom stereocenters. The number of benzene rings is 3. The van der Waals surface area contributed by atoms with E-state index in [0.29, 0.717) is 11.7 Å². The topological polar surface area (TPSA) is 33.3 Å². The second-order valence-electron chi connectivity index (χ2n) is 6.48. The average molecular weight is 389 g/mol. The van der Waals surface area contributed by atoms with Crippen LogP contribution in [0.1, 0.15) is 22.7 Å². The lowest BCUT2D eigenvalue weighted by Gasteiger charge is -2.22. The van der Waals surface area contributed by atoms with Gasteiger partial charge in [0.1, 0.15) is 12.4 Å². The van der Waals surface area contributed by atoms with Gasteiger partial charge in [-0.25, -0.2) is 0 Å². The fourth-order valence-corrected chi connectivity index (χ4v) is 3.21. The molecule has 0 spiro atoms. The molecule has 4 heteroatoms. The molecule has 0 aliphatic rings. The van der Waals surface area contributed by atoms with Crippen molar-refractivity contribution in [2.75, 3.05) is 11.9 Å². The van der Waals surface area contributed by atoms with E-state index in [0.717, 1.165) is 17.0 Å². The molecule has 0 saturated heterocycles. The highest BCUT2D eigenvalue weighted by Crippen LogP contribution is 2.23. The third kappa shape index (κ3) is 5.44. The molecular formula is C24H24N2OS. The lowest BCUT2D eigenvalue weighted by atomic mass is 9.97. The third-order valence-electron chi connectivity index (χ3n) is 4.24. The van der Waals surface area contributed by atoms with Gasteiger partial charge in [0.2, 0.25) is 0 Å². The third-order valence-corrected chi connectivity index (χ3v) is 4.46. The van der Waals surface area contributed by atoms with Gasteiger partial charge in [0.05, 0.1) is 6.04 Å². The van der Waals surface area contributed by atoms with E-state index >= 15 is 0 Å². The van der Waals surface area contributed by atoms with Gasteiger partial charge >= 0.3 is 0 Å². The molecule has 0 aliphatic carbocycles. The summed E-state index contributed by atoms with van der Waals surface area (Å²) in [7, 11) is 0. The summed E-state index contributed by atoms with van der Waals surface area (Å²) in [5.74, 6) is 0.769. The average Bonchev–Trinajstić information content (AvgIpc) is 2.71. The molecule has 3 aromatic rings. The predicted molar refractivity (Wildman–Crippen MR) is 121 cm³/mol. The minimum Gasteiger partial charge on any atom is -0.489 e. The maximum absolute atomic E-state index is 5.60. The molecule has 2 N–H and O–H groups in total. The fraction of sp³-hybridized carbons (Fsp3) is 0.125. The lowest BCUT2D eigenvalue weighted by molar-refractivity contribution is 0.363. The smallest absolute Gasteiger partial charge is 0.171 e. The Labute approximate surface area is 172 Å². The second-order valence-corrected chi connectivity index (χ2v) is 6.89. The number of hydrogen-bond donors (Lipinski definition) is 2. The molecule has 3 rings (SSSR count). The molecule has 0 heterocycles. The first-order valence-corrected chi connectivity index (χ1v) is 9.59. The van der Waals surface area contributed by atoms with Crippen LogP contribution < -0.4 is 15.4 Å².